The molecule has 0 atom stereocenters. The van der Waals surface area contributed by atoms with Crippen molar-refractivity contribution >= 4 is 17.7 Å². The zero-order valence-electron chi connectivity index (χ0n) is 10.9. The first-order valence-corrected chi connectivity index (χ1v) is 7.59. The van der Waals surface area contributed by atoms with Crippen molar-refractivity contribution in [2.24, 2.45) is 0 Å². The molecule has 0 aliphatic carbocycles. The average Bonchev–Trinajstić information content (AvgIpc) is 2.47. The molecule has 1 N–H and O–H groups in total. The third-order valence-electron chi connectivity index (χ3n) is 2.85. The maximum absolute atomic E-state index is 11.9. The van der Waals surface area contributed by atoms with Crippen molar-refractivity contribution in [3.8, 4) is 0 Å². The Morgan fingerprint density at radius 1 is 1.00 bits per heavy atom. The number of hydrogen-bond donors (Lipinski definition) is 1. The van der Waals surface area contributed by atoms with Crippen LogP contribution in [0.5, 0.6) is 0 Å². The van der Waals surface area contributed by atoms with E-state index in [1.807, 2.05) is 66.9 Å². The van der Waals surface area contributed by atoms with Crippen LogP contribution in [0.25, 0.3) is 0 Å². The highest BCUT2D eigenvalue weighted by molar-refractivity contribution is 7.99. The second-order valence-electron chi connectivity index (χ2n) is 4.25. The third kappa shape index (κ3) is 3.86. The maximum atomic E-state index is 11.9. The summed E-state index contributed by atoms with van der Waals surface area (Å²) in [5.41, 5.74) is 2.20. The quantitative estimate of drug-likeness (QED) is 0.904. The second-order valence-corrected chi connectivity index (χ2v) is 5.12. The first-order valence-electron chi connectivity index (χ1n) is 6.19. The van der Waals surface area contributed by atoms with Gasteiger partial charge in [0.05, 0.1) is 11.8 Å². The largest absolute Gasteiger partial charge is 0.344 e. The maximum Gasteiger partial charge on any atom is 0.230 e. The van der Waals surface area contributed by atoms with Crippen LogP contribution in [0, 0.1) is 0 Å². The molecule has 0 fully saturated rings. The fourth-order valence-electron chi connectivity index (χ4n) is 1.98. The normalized spacial score (nSPS) is 10.4. The van der Waals surface area contributed by atoms with Gasteiger partial charge in [0, 0.05) is 0 Å². The molecule has 2 aromatic carbocycles. The van der Waals surface area contributed by atoms with Gasteiger partial charge in [0.25, 0.3) is 0 Å². The summed E-state index contributed by atoms with van der Waals surface area (Å²) in [4.78, 5) is 11.9. The number of carbonyl (C=O) groups excluding carboxylic acids is 1. The first kappa shape index (κ1) is 13.7. The fraction of sp³-hybridized carbons (Fsp3) is 0.188. The Kier molecular flexibility index (Phi) is 5.04. The molecule has 0 bridgehead atoms. The summed E-state index contributed by atoms with van der Waals surface area (Å²) in [6, 6.07) is 20.0. The molecule has 0 heterocycles. The van der Waals surface area contributed by atoms with E-state index in [-0.39, 0.29) is 11.9 Å². The van der Waals surface area contributed by atoms with Gasteiger partial charge in [-0.05, 0) is 17.4 Å². The van der Waals surface area contributed by atoms with Crippen LogP contribution < -0.4 is 5.32 Å². The topological polar surface area (TPSA) is 29.1 Å². The number of benzene rings is 2. The molecule has 0 radical (unpaired) electrons. The molecule has 3 heteroatoms. The number of amides is 1. The zero-order valence-corrected chi connectivity index (χ0v) is 11.7. The van der Waals surface area contributed by atoms with Crippen molar-refractivity contribution in [3.05, 3.63) is 71.8 Å². The van der Waals surface area contributed by atoms with Gasteiger partial charge in [0.15, 0.2) is 0 Å². The Balaban J connectivity index is 2.26. The van der Waals surface area contributed by atoms with Crippen LogP contribution >= 0.6 is 11.8 Å². The van der Waals surface area contributed by atoms with E-state index >= 15 is 0 Å². The minimum absolute atomic E-state index is 0.0604. The lowest BCUT2D eigenvalue weighted by molar-refractivity contribution is -0.119. The molecule has 0 unspecified atom stereocenters. The van der Waals surface area contributed by atoms with Gasteiger partial charge in [0.2, 0.25) is 5.91 Å². The molecule has 2 rings (SSSR count). The Hall–Kier alpha value is -1.74. The van der Waals surface area contributed by atoms with E-state index in [0.717, 1.165) is 11.1 Å². The van der Waals surface area contributed by atoms with E-state index < -0.39 is 0 Å². The molecule has 1 amide bonds. The molecule has 0 aromatic heterocycles. The zero-order chi connectivity index (χ0) is 13.5. The van der Waals surface area contributed by atoms with Gasteiger partial charge >= 0.3 is 0 Å². The van der Waals surface area contributed by atoms with Crippen LogP contribution in [0.3, 0.4) is 0 Å². The van der Waals surface area contributed by atoms with E-state index in [1.54, 1.807) is 0 Å². The van der Waals surface area contributed by atoms with E-state index in [2.05, 4.69) is 5.32 Å². The number of thioether (sulfide) groups is 1. The Morgan fingerprint density at radius 3 is 1.89 bits per heavy atom. The average molecular weight is 271 g/mol. The highest BCUT2D eigenvalue weighted by Gasteiger charge is 2.15. The van der Waals surface area contributed by atoms with Crippen LogP contribution in [0.15, 0.2) is 60.7 Å². The number of nitrogens with one attached hydrogen (secondary N) is 1. The van der Waals surface area contributed by atoms with Crippen molar-refractivity contribution in [1.29, 1.82) is 0 Å². The van der Waals surface area contributed by atoms with Crippen LogP contribution in [0.2, 0.25) is 0 Å². The van der Waals surface area contributed by atoms with E-state index in [4.69, 9.17) is 0 Å². The number of rotatable bonds is 5. The molecule has 0 aliphatic rings. The summed E-state index contributed by atoms with van der Waals surface area (Å²) in [6.45, 7) is 0. The van der Waals surface area contributed by atoms with Crippen molar-refractivity contribution in [3.63, 3.8) is 0 Å². The van der Waals surface area contributed by atoms with Crippen LogP contribution in [0.1, 0.15) is 17.2 Å². The molecule has 19 heavy (non-hydrogen) atoms. The minimum Gasteiger partial charge on any atom is -0.344 e. The SMILES string of the molecule is CSCC(=O)NC(c1ccccc1)c1ccccc1. The Labute approximate surface area is 118 Å². The third-order valence-corrected chi connectivity index (χ3v) is 3.40. The van der Waals surface area contributed by atoms with Gasteiger partial charge < -0.3 is 5.32 Å². The highest BCUT2D eigenvalue weighted by atomic mass is 32.2. The highest BCUT2D eigenvalue weighted by Crippen LogP contribution is 2.21. The van der Waals surface area contributed by atoms with E-state index in [9.17, 15) is 4.79 Å². The van der Waals surface area contributed by atoms with Gasteiger partial charge in [0.1, 0.15) is 0 Å². The summed E-state index contributed by atoms with van der Waals surface area (Å²) in [6.07, 6.45) is 1.93. The summed E-state index contributed by atoms with van der Waals surface area (Å²) in [5.74, 6) is 0.543. The van der Waals surface area contributed by atoms with E-state index in [1.165, 1.54) is 11.8 Å². The predicted molar refractivity (Wildman–Crippen MR) is 81.3 cm³/mol. The molecule has 2 aromatic rings. The predicted octanol–water partition coefficient (Wildman–Crippen LogP) is 3.26. The van der Waals surface area contributed by atoms with Gasteiger partial charge in [-0.15, -0.1) is 0 Å². The number of hydrogen-bond acceptors (Lipinski definition) is 2. The van der Waals surface area contributed by atoms with Crippen molar-refractivity contribution in [1.82, 2.24) is 5.32 Å². The minimum atomic E-state index is -0.0814. The van der Waals surface area contributed by atoms with Gasteiger partial charge in [-0.25, -0.2) is 0 Å². The lowest BCUT2D eigenvalue weighted by Gasteiger charge is -2.19. The summed E-state index contributed by atoms with van der Waals surface area (Å²) >= 11 is 1.53. The van der Waals surface area contributed by atoms with Crippen LogP contribution in [-0.2, 0) is 4.79 Å². The molecule has 0 spiro atoms. The van der Waals surface area contributed by atoms with Gasteiger partial charge in [-0.1, -0.05) is 60.7 Å². The van der Waals surface area contributed by atoms with Gasteiger partial charge in [-0.2, -0.15) is 11.8 Å². The van der Waals surface area contributed by atoms with Crippen molar-refractivity contribution in [2.45, 2.75) is 6.04 Å². The molecule has 0 aliphatic heterocycles. The standard InChI is InChI=1S/C16H17NOS/c1-19-12-15(18)17-16(13-8-4-2-5-9-13)14-10-6-3-7-11-14/h2-11,16H,12H2,1H3,(H,17,18). The van der Waals surface area contributed by atoms with E-state index in [0.29, 0.717) is 5.75 Å². The van der Waals surface area contributed by atoms with Crippen molar-refractivity contribution in [2.75, 3.05) is 12.0 Å². The summed E-state index contributed by atoms with van der Waals surface area (Å²) in [7, 11) is 0. The number of carbonyl (C=O) groups is 1. The second kappa shape index (κ2) is 7.00. The van der Waals surface area contributed by atoms with Crippen LogP contribution in [0.4, 0.5) is 0 Å². The summed E-state index contributed by atoms with van der Waals surface area (Å²) < 4.78 is 0. The molecule has 0 saturated carbocycles. The molecular weight excluding hydrogens is 254 g/mol. The first-order chi connectivity index (χ1) is 9.31. The molecule has 98 valence electrons. The summed E-state index contributed by atoms with van der Waals surface area (Å²) in [5, 5.41) is 3.09. The van der Waals surface area contributed by atoms with Crippen molar-refractivity contribution < 1.29 is 4.79 Å². The lowest BCUT2D eigenvalue weighted by atomic mass is 9.99. The Morgan fingerprint density at radius 2 is 1.47 bits per heavy atom. The molecule has 0 saturated heterocycles. The fourth-order valence-corrected chi connectivity index (χ4v) is 2.33. The Bertz CT molecular complexity index is 473. The van der Waals surface area contributed by atoms with Crippen LogP contribution in [-0.4, -0.2) is 17.9 Å². The lowest BCUT2D eigenvalue weighted by Crippen LogP contribution is -2.30. The monoisotopic (exact) mass is 271 g/mol. The smallest absolute Gasteiger partial charge is 0.230 e. The molecule has 2 nitrogen and oxygen atoms in total. The van der Waals surface area contributed by atoms with Gasteiger partial charge in [-0.3, -0.25) is 4.79 Å². The molecular formula is C16H17NOS.